The van der Waals surface area contributed by atoms with Crippen LogP contribution < -0.4 is 4.72 Å². The summed E-state index contributed by atoms with van der Waals surface area (Å²) >= 11 is 0. The Balaban J connectivity index is 1.59. The standard InChI is InChI=1S/C16H24N2O3S/c1-13(15-7-2-3-11-17-15)18-22(19,20)12-14-6-4-8-16(21-14)9-5-10-16/h2-3,7,11,13-14,18H,4-6,8-10,12H2,1H3/t13-,14?/m0/s1. The van der Waals surface area contributed by atoms with E-state index in [0.717, 1.165) is 37.8 Å². The molecule has 5 nitrogen and oxygen atoms in total. The molecule has 1 unspecified atom stereocenters. The molecule has 1 aliphatic heterocycles. The van der Waals surface area contributed by atoms with E-state index in [4.69, 9.17) is 4.74 Å². The molecule has 1 aliphatic carbocycles. The molecule has 1 aromatic heterocycles. The molecule has 0 bridgehead atoms. The van der Waals surface area contributed by atoms with Crippen LogP contribution in [-0.2, 0) is 14.8 Å². The van der Waals surface area contributed by atoms with Crippen LogP contribution in [0.15, 0.2) is 24.4 Å². The second kappa shape index (κ2) is 6.26. The van der Waals surface area contributed by atoms with Gasteiger partial charge in [-0.3, -0.25) is 4.98 Å². The van der Waals surface area contributed by atoms with Crippen LogP contribution in [0, 0.1) is 0 Å². The highest BCUT2D eigenvalue weighted by molar-refractivity contribution is 7.89. The smallest absolute Gasteiger partial charge is 0.214 e. The molecule has 6 heteroatoms. The minimum atomic E-state index is -3.38. The fourth-order valence-electron chi connectivity index (χ4n) is 3.43. The van der Waals surface area contributed by atoms with Crippen molar-refractivity contribution in [2.45, 2.75) is 63.2 Å². The van der Waals surface area contributed by atoms with E-state index in [1.54, 1.807) is 6.20 Å². The highest BCUT2D eigenvalue weighted by Crippen LogP contribution is 2.44. The van der Waals surface area contributed by atoms with Gasteiger partial charge in [-0.25, -0.2) is 13.1 Å². The van der Waals surface area contributed by atoms with E-state index in [1.165, 1.54) is 6.42 Å². The number of nitrogens with zero attached hydrogens (tertiary/aromatic N) is 1. The van der Waals surface area contributed by atoms with Crippen LogP contribution in [0.5, 0.6) is 0 Å². The Morgan fingerprint density at radius 3 is 2.77 bits per heavy atom. The Kier molecular flexibility index (Phi) is 4.52. The Hall–Kier alpha value is -0.980. The lowest BCUT2D eigenvalue weighted by Gasteiger charge is -2.47. The van der Waals surface area contributed by atoms with Gasteiger partial charge < -0.3 is 4.74 Å². The second-order valence-electron chi connectivity index (χ2n) is 6.54. The highest BCUT2D eigenvalue weighted by Gasteiger charge is 2.43. The number of rotatable bonds is 5. The Labute approximate surface area is 132 Å². The molecular formula is C16H24N2O3S. The Bertz CT molecular complexity index is 599. The maximum Gasteiger partial charge on any atom is 0.214 e. The SMILES string of the molecule is C[C@H](NS(=O)(=O)CC1CCCC2(CCC2)O1)c1ccccn1. The van der Waals surface area contributed by atoms with Crippen molar-refractivity contribution in [1.82, 2.24) is 9.71 Å². The predicted octanol–water partition coefficient (Wildman–Crippen LogP) is 2.55. The van der Waals surface area contributed by atoms with Gasteiger partial charge in [-0.1, -0.05) is 6.07 Å². The van der Waals surface area contributed by atoms with Crippen LogP contribution in [0.1, 0.15) is 57.2 Å². The zero-order valence-electron chi connectivity index (χ0n) is 13.0. The first-order valence-corrected chi connectivity index (χ1v) is 9.72. The molecule has 1 saturated carbocycles. The normalized spacial score (nSPS) is 25.6. The summed E-state index contributed by atoms with van der Waals surface area (Å²) < 4.78 is 33.6. The number of sulfonamides is 1. The van der Waals surface area contributed by atoms with Crippen molar-refractivity contribution in [3.05, 3.63) is 30.1 Å². The van der Waals surface area contributed by atoms with E-state index in [0.29, 0.717) is 0 Å². The van der Waals surface area contributed by atoms with Crippen LogP contribution in [-0.4, -0.2) is 30.9 Å². The summed E-state index contributed by atoms with van der Waals surface area (Å²) in [6.45, 7) is 1.81. The van der Waals surface area contributed by atoms with Crippen molar-refractivity contribution in [3.8, 4) is 0 Å². The predicted molar refractivity (Wildman–Crippen MR) is 84.9 cm³/mol. The maximum atomic E-state index is 12.4. The second-order valence-corrected chi connectivity index (χ2v) is 8.34. The van der Waals surface area contributed by atoms with Crippen molar-refractivity contribution in [2.75, 3.05) is 5.75 Å². The van der Waals surface area contributed by atoms with Crippen molar-refractivity contribution < 1.29 is 13.2 Å². The summed E-state index contributed by atoms with van der Waals surface area (Å²) in [5.41, 5.74) is 0.719. The summed E-state index contributed by atoms with van der Waals surface area (Å²) in [6.07, 6.45) is 7.85. The number of pyridine rings is 1. The van der Waals surface area contributed by atoms with E-state index in [2.05, 4.69) is 9.71 Å². The number of nitrogens with one attached hydrogen (secondary N) is 1. The fourth-order valence-corrected chi connectivity index (χ4v) is 4.91. The van der Waals surface area contributed by atoms with Crippen LogP contribution in [0.3, 0.4) is 0 Å². The minimum Gasteiger partial charge on any atom is -0.371 e. The lowest BCUT2D eigenvalue weighted by atomic mass is 9.74. The molecule has 1 spiro atoms. The van der Waals surface area contributed by atoms with Crippen molar-refractivity contribution in [2.24, 2.45) is 0 Å². The lowest BCUT2D eigenvalue weighted by molar-refractivity contribution is -0.161. The van der Waals surface area contributed by atoms with Gasteiger partial charge >= 0.3 is 0 Å². The van der Waals surface area contributed by atoms with Crippen LogP contribution >= 0.6 is 0 Å². The zero-order chi connectivity index (χ0) is 15.6. The average molecular weight is 324 g/mol. The van der Waals surface area contributed by atoms with Gasteiger partial charge in [-0.2, -0.15) is 0 Å². The van der Waals surface area contributed by atoms with E-state index < -0.39 is 10.0 Å². The first kappa shape index (κ1) is 15.9. The molecule has 1 N–H and O–H groups in total. The first-order valence-electron chi connectivity index (χ1n) is 8.07. The van der Waals surface area contributed by atoms with Gasteiger partial charge in [0, 0.05) is 6.20 Å². The van der Waals surface area contributed by atoms with Crippen LogP contribution in [0.4, 0.5) is 0 Å². The lowest BCUT2D eigenvalue weighted by Crippen LogP contribution is -2.48. The van der Waals surface area contributed by atoms with E-state index in [1.807, 2.05) is 25.1 Å². The van der Waals surface area contributed by atoms with Gasteiger partial charge in [-0.15, -0.1) is 0 Å². The van der Waals surface area contributed by atoms with Gasteiger partial charge in [-0.05, 0) is 57.6 Å². The number of hydrogen-bond donors (Lipinski definition) is 1. The van der Waals surface area contributed by atoms with Crippen molar-refractivity contribution in [1.29, 1.82) is 0 Å². The third kappa shape index (κ3) is 3.67. The van der Waals surface area contributed by atoms with E-state index >= 15 is 0 Å². The molecule has 22 heavy (non-hydrogen) atoms. The molecule has 0 amide bonds. The molecule has 0 radical (unpaired) electrons. The third-order valence-electron chi connectivity index (χ3n) is 4.73. The Morgan fingerprint density at radius 2 is 2.14 bits per heavy atom. The van der Waals surface area contributed by atoms with Gasteiger partial charge in [0.15, 0.2) is 0 Å². The third-order valence-corrected chi connectivity index (χ3v) is 6.26. The topological polar surface area (TPSA) is 68.3 Å². The summed E-state index contributed by atoms with van der Waals surface area (Å²) in [6, 6.07) is 5.18. The molecule has 2 aliphatic rings. The monoisotopic (exact) mass is 324 g/mol. The number of ether oxygens (including phenoxy) is 1. The number of aromatic nitrogens is 1. The minimum absolute atomic E-state index is 0.00889. The molecule has 3 rings (SSSR count). The maximum absolute atomic E-state index is 12.4. The van der Waals surface area contributed by atoms with E-state index in [-0.39, 0.29) is 23.5 Å². The van der Waals surface area contributed by atoms with Gasteiger partial charge in [0.25, 0.3) is 0 Å². The molecular weight excluding hydrogens is 300 g/mol. The van der Waals surface area contributed by atoms with Crippen molar-refractivity contribution in [3.63, 3.8) is 0 Å². The van der Waals surface area contributed by atoms with Gasteiger partial charge in [0.2, 0.25) is 10.0 Å². The number of hydrogen-bond acceptors (Lipinski definition) is 4. The molecule has 2 fully saturated rings. The average Bonchev–Trinajstić information content (AvgIpc) is 2.46. The van der Waals surface area contributed by atoms with Crippen LogP contribution in [0.2, 0.25) is 0 Å². The Morgan fingerprint density at radius 1 is 1.36 bits per heavy atom. The summed E-state index contributed by atoms with van der Waals surface area (Å²) in [5, 5.41) is 0. The van der Waals surface area contributed by atoms with Crippen LogP contribution in [0.25, 0.3) is 0 Å². The van der Waals surface area contributed by atoms with Gasteiger partial charge in [0.1, 0.15) is 0 Å². The molecule has 1 saturated heterocycles. The molecule has 2 heterocycles. The molecule has 1 aromatic rings. The van der Waals surface area contributed by atoms with Crippen molar-refractivity contribution >= 4 is 10.0 Å². The molecule has 122 valence electrons. The zero-order valence-corrected chi connectivity index (χ0v) is 13.8. The fraction of sp³-hybridized carbons (Fsp3) is 0.688. The van der Waals surface area contributed by atoms with E-state index in [9.17, 15) is 8.42 Å². The summed E-state index contributed by atoms with van der Waals surface area (Å²) in [4.78, 5) is 4.20. The molecule has 2 atom stereocenters. The molecule has 0 aromatic carbocycles. The van der Waals surface area contributed by atoms with Gasteiger partial charge in [0.05, 0.1) is 29.2 Å². The highest BCUT2D eigenvalue weighted by atomic mass is 32.2. The summed E-state index contributed by atoms with van der Waals surface area (Å²) in [7, 11) is -3.38. The first-order chi connectivity index (χ1) is 10.5. The quantitative estimate of drug-likeness (QED) is 0.904. The largest absolute Gasteiger partial charge is 0.371 e. The summed E-state index contributed by atoms with van der Waals surface area (Å²) in [5.74, 6) is 0.0475.